The van der Waals surface area contributed by atoms with Gasteiger partial charge in [0.1, 0.15) is 0 Å². The van der Waals surface area contributed by atoms with E-state index in [9.17, 15) is 4.79 Å². The first kappa shape index (κ1) is 16.8. The number of carbonyl (C=O) groups is 1. The molecular formula is C18H34N2O. The highest BCUT2D eigenvalue weighted by Crippen LogP contribution is 2.22. The van der Waals surface area contributed by atoms with Crippen molar-refractivity contribution in [1.82, 2.24) is 10.2 Å². The maximum Gasteiger partial charge on any atom is 0.239 e. The molecule has 1 aliphatic carbocycles. The smallest absolute Gasteiger partial charge is 0.239 e. The Morgan fingerprint density at radius 1 is 1.00 bits per heavy atom. The molecule has 0 aromatic rings. The van der Waals surface area contributed by atoms with Crippen molar-refractivity contribution in [3.05, 3.63) is 0 Å². The molecule has 0 aromatic carbocycles. The molecule has 2 rings (SSSR count). The van der Waals surface area contributed by atoms with Crippen LogP contribution in [0.4, 0.5) is 0 Å². The molecule has 0 radical (unpaired) electrons. The van der Waals surface area contributed by atoms with Gasteiger partial charge in [0.15, 0.2) is 0 Å². The van der Waals surface area contributed by atoms with Crippen LogP contribution in [0.15, 0.2) is 0 Å². The zero-order valence-corrected chi connectivity index (χ0v) is 13.9. The number of hydrogen-bond acceptors (Lipinski definition) is 2. The number of amides is 1. The molecule has 1 N–H and O–H groups in total. The summed E-state index contributed by atoms with van der Waals surface area (Å²) in [7, 11) is 0. The first-order chi connectivity index (χ1) is 10.3. The van der Waals surface area contributed by atoms with Gasteiger partial charge in [-0.2, -0.15) is 0 Å². The van der Waals surface area contributed by atoms with Gasteiger partial charge in [0, 0.05) is 19.1 Å². The largest absolute Gasteiger partial charge is 0.341 e. The molecule has 0 bridgehead atoms. The minimum absolute atomic E-state index is 0.125. The Labute approximate surface area is 130 Å². The molecule has 1 atom stereocenters. The molecule has 0 spiro atoms. The molecule has 122 valence electrons. The second-order valence-electron chi connectivity index (χ2n) is 6.94. The summed E-state index contributed by atoms with van der Waals surface area (Å²) < 4.78 is 0. The molecule has 1 saturated heterocycles. The van der Waals surface area contributed by atoms with Gasteiger partial charge >= 0.3 is 0 Å². The fraction of sp³-hybridized carbons (Fsp3) is 0.944. The first-order valence-corrected chi connectivity index (χ1v) is 9.36. The second kappa shape index (κ2) is 9.45. The van der Waals surface area contributed by atoms with Crippen molar-refractivity contribution < 1.29 is 4.79 Å². The lowest BCUT2D eigenvalue weighted by molar-refractivity contribution is -0.136. The zero-order chi connectivity index (χ0) is 14.9. The summed E-state index contributed by atoms with van der Waals surface area (Å²) in [5.41, 5.74) is 0. The Balaban J connectivity index is 1.51. The van der Waals surface area contributed by atoms with Crippen molar-refractivity contribution in [1.29, 1.82) is 0 Å². The van der Waals surface area contributed by atoms with Crippen LogP contribution in [0.3, 0.4) is 0 Å². The molecule has 0 aromatic heterocycles. The van der Waals surface area contributed by atoms with Crippen LogP contribution in [-0.4, -0.2) is 36.0 Å². The highest BCUT2D eigenvalue weighted by molar-refractivity contribution is 5.82. The summed E-state index contributed by atoms with van der Waals surface area (Å²) in [5.74, 6) is 0.371. The minimum Gasteiger partial charge on any atom is -0.341 e. The van der Waals surface area contributed by atoms with E-state index in [4.69, 9.17) is 0 Å². The van der Waals surface area contributed by atoms with E-state index in [2.05, 4.69) is 17.1 Å². The van der Waals surface area contributed by atoms with Crippen LogP contribution in [0.1, 0.15) is 84.0 Å². The van der Waals surface area contributed by atoms with Crippen LogP contribution in [0.5, 0.6) is 0 Å². The van der Waals surface area contributed by atoms with E-state index in [1.165, 1.54) is 70.6 Å². The molecule has 1 saturated carbocycles. The fourth-order valence-corrected chi connectivity index (χ4v) is 3.29. The third-order valence-corrected chi connectivity index (χ3v) is 4.83. The predicted molar refractivity (Wildman–Crippen MR) is 88.4 cm³/mol. The number of unbranched alkanes of at least 4 members (excludes halogenated alkanes) is 7. The third kappa shape index (κ3) is 6.37. The van der Waals surface area contributed by atoms with Gasteiger partial charge in [-0.3, -0.25) is 4.79 Å². The molecule has 2 aliphatic rings. The molecule has 2 fully saturated rings. The quantitative estimate of drug-likeness (QED) is 0.587. The number of nitrogens with one attached hydrogen (secondary N) is 1. The van der Waals surface area contributed by atoms with Crippen molar-refractivity contribution in [2.45, 2.75) is 96.1 Å². The molecule has 1 heterocycles. The minimum atomic E-state index is 0.125. The SMILES string of the molecule is CCCCCCCCCCN1CCCC(NC2CC2)C1=O. The lowest BCUT2D eigenvalue weighted by atomic mass is 10.0. The van der Waals surface area contributed by atoms with E-state index in [1.54, 1.807) is 0 Å². The summed E-state index contributed by atoms with van der Waals surface area (Å²) in [5, 5.41) is 3.51. The number of carbonyl (C=O) groups excluding carboxylic acids is 1. The molecule has 3 heteroatoms. The van der Waals surface area contributed by atoms with Crippen LogP contribution in [0, 0.1) is 0 Å². The van der Waals surface area contributed by atoms with Crippen LogP contribution < -0.4 is 5.32 Å². The molecule has 21 heavy (non-hydrogen) atoms. The van der Waals surface area contributed by atoms with E-state index < -0.39 is 0 Å². The number of hydrogen-bond donors (Lipinski definition) is 1. The standard InChI is InChI=1S/C18H34N2O/c1-2-3-4-5-6-7-8-9-14-20-15-10-11-17(18(20)21)19-16-12-13-16/h16-17,19H,2-15H2,1H3. The molecule has 1 amide bonds. The average Bonchev–Trinajstić information content (AvgIpc) is 3.29. The maximum absolute atomic E-state index is 12.4. The number of piperidine rings is 1. The summed E-state index contributed by atoms with van der Waals surface area (Å²) >= 11 is 0. The van der Waals surface area contributed by atoms with Crippen LogP contribution in [-0.2, 0) is 4.79 Å². The topological polar surface area (TPSA) is 32.3 Å². The third-order valence-electron chi connectivity index (χ3n) is 4.83. The summed E-state index contributed by atoms with van der Waals surface area (Å²) in [6.07, 6.45) is 15.5. The fourth-order valence-electron chi connectivity index (χ4n) is 3.29. The summed E-state index contributed by atoms with van der Waals surface area (Å²) in [6.45, 7) is 4.23. The van der Waals surface area contributed by atoms with Crippen LogP contribution >= 0.6 is 0 Å². The normalized spacial score (nSPS) is 22.8. The summed E-state index contributed by atoms with van der Waals surface area (Å²) in [6, 6.07) is 0.766. The van der Waals surface area contributed by atoms with E-state index >= 15 is 0 Å². The van der Waals surface area contributed by atoms with E-state index in [1.807, 2.05) is 0 Å². The van der Waals surface area contributed by atoms with Gasteiger partial charge in [0.25, 0.3) is 0 Å². The van der Waals surface area contributed by atoms with Crippen molar-refractivity contribution in [3.8, 4) is 0 Å². The first-order valence-electron chi connectivity index (χ1n) is 9.36. The Morgan fingerprint density at radius 2 is 1.67 bits per heavy atom. The maximum atomic E-state index is 12.4. The van der Waals surface area contributed by atoms with Gasteiger partial charge in [-0.15, -0.1) is 0 Å². The predicted octanol–water partition coefficient (Wildman–Crippen LogP) is 3.87. The summed E-state index contributed by atoms with van der Waals surface area (Å²) in [4.78, 5) is 14.5. The van der Waals surface area contributed by atoms with Crippen molar-refractivity contribution in [2.75, 3.05) is 13.1 Å². The van der Waals surface area contributed by atoms with Gasteiger partial charge < -0.3 is 10.2 Å². The Hall–Kier alpha value is -0.570. The van der Waals surface area contributed by atoms with Gasteiger partial charge in [0.2, 0.25) is 5.91 Å². The van der Waals surface area contributed by atoms with Crippen LogP contribution in [0.25, 0.3) is 0 Å². The van der Waals surface area contributed by atoms with Gasteiger partial charge in [-0.25, -0.2) is 0 Å². The molecule has 3 nitrogen and oxygen atoms in total. The monoisotopic (exact) mass is 294 g/mol. The Kier molecular flexibility index (Phi) is 7.56. The van der Waals surface area contributed by atoms with Gasteiger partial charge in [-0.05, 0) is 32.1 Å². The molecule has 1 unspecified atom stereocenters. The Morgan fingerprint density at radius 3 is 2.33 bits per heavy atom. The highest BCUT2D eigenvalue weighted by atomic mass is 16.2. The highest BCUT2D eigenvalue weighted by Gasteiger charge is 2.32. The van der Waals surface area contributed by atoms with Crippen molar-refractivity contribution in [2.24, 2.45) is 0 Å². The van der Waals surface area contributed by atoms with Gasteiger partial charge in [-0.1, -0.05) is 51.9 Å². The number of rotatable bonds is 11. The lowest BCUT2D eigenvalue weighted by Crippen LogP contribution is -2.51. The van der Waals surface area contributed by atoms with Crippen LogP contribution in [0.2, 0.25) is 0 Å². The molecular weight excluding hydrogens is 260 g/mol. The zero-order valence-electron chi connectivity index (χ0n) is 13.9. The number of nitrogens with zero attached hydrogens (tertiary/aromatic N) is 1. The van der Waals surface area contributed by atoms with Gasteiger partial charge in [0.05, 0.1) is 6.04 Å². The lowest BCUT2D eigenvalue weighted by Gasteiger charge is -2.33. The van der Waals surface area contributed by atoms with E-state index in [-0.39, 0.29) is 6.04 Å². The average molecular weight is 294 g/mol. The molecule has 1 aliphatic heterocycles. The van der Waals surface area contributed by atoms with E-state index in [0.29, 0.717) is 11.9 Å². The van der Waals surface area contributed by atoms with E-state index in [0.717, 1.165) is 19.5 Å². The van der Waals surface area contributed by atoms with Crippen molar-refractivity contribution >= 4 is 5.91 Å². The Bertz CT molecular complexity index is 302. The second-order valence-corrected chi connectivity index (χ2v) is 6.94. The van der Waals surface area contributed by atoms with Crippen molar-refractivity contribution in [3.63, 3.8) is 0 Å². The number of likely N-dealkylation sites (tertiary alicyclic amines) is 1.